The Labute approximate surface area is 219 Å². The topological polar surface area (TPSA) is 92.0 Å². The molecule has 1 aliphatic heterocycles. The number of aromatic nitrogens is 2. The fourth-order valence-corrected chi connectivity index (χ4v) is 4.84. The molecule has 1 aliphatic rings. The molecule has 11 heteroatoms. The molecular formula is C27H33F3N4O4. The maximum absolute atomic E-state index is 16.0. The van der Waals surface area contributed by atoms with Gasteiger partial charge in [-0.05, 0) is 25.6 Å². The monoisotopic (exact) mass is 534 g/mol. The predicted molar refractivity (Wildman–Crippen MR) is 138 cm³/mol. The molecular weight excluding hydrogens is 501 g/mol. The molecule has 1 unspecified atom stereocenters. The molecule has 3 aromatic rings. The van der Waals surface area contributed by atoms with Crippen LogP contribution in [0.15, 0.2) is 24.3 Å². The maximum atomic E-state index is 16.0. The quantitative estimate of drug-likeness (QED) is 0.407. The van der Waals surface area contributed by atoms with E-state index in [-0.39, 0.29) is 43.5 Å². The van der Waals surface area contributed by atoms with Gasteiger partial charge < -0.3 is 29.6 Å². The zero-order valence-electron chi connectivity index (χ0n) is 22.2. The highest BCUT2D eigenvalue weighted by atomic mass is 19.3. The van der Waals surface area contributed by atoms with Crippen LogP contribution in [0, 0.1) is 12.7 Å². The number of halogens is 3. The second-order valence-electron chi connectivity index (χ2n) is 9.39. The van der Waals surface area contributed by atoms with E-state index in [9.17, 15) is 0 Å². The van der Waals surface area contributed by atoms with Crippen LogP contribution in [0.25, 0.3) is 10.9 Å². The molecule has 0 spiro atoms. The number of nitrogen functional groups attached to an aromatic ring is 1. The number of ether oxygens (including phenoxy) is 4. The van der Waals surface area contributed by atoms with Crippen molar-refractivity contribution in [2.45, 2.75) is 31.8 Å². The summed E-state index contributed by atoms with van der Waals surface area (Å²) in [5, 5.41) is 0.435. The van der Waals surface area contributed by atoms with Gasteiger partial charge in [-0.1, -0.05) is 19.1 Å². The highest BCUT2D eigenvalue weighted by Gasteiger charge is 2.46. The largest absolute Gasteiger partial charge is 0.493 e. The summed E-state index contributed by atoms with van der Waals surface area (Å²) >= 11 is 0. The Morgan fingerprint density at radius 1 is 1.24 bits per heavy atom. The van der Waals surface area contributed by atoms with Gasteiger partial charge in [0.05, 0.1) is 36.8 Å². The third kappa shape index (κ3) is 5.23. The van der Waals surface area contributed by atoms with Crippen molar-refractivity contribution in [2.75, 3.05) is 59.9 Å². The fourth-order valence-electron chi connectivity index (χ4n) is 4.84. The number of likely N-dealkylation sites (N-methyl/N-ethyl adjacent to an activating group) is 1. The molecule has 1 fully saturated rings. The summed E-state index contributed by atoms with van der Waals surface area (Å²) in [4.78, 5) is 10.5. The molecule has 2 heterocycles. The second kappa shape index (κ2) is 11.3. The van der Waals surface area contributed by atoms with Gasteiger partial charge in [0.1, 0.15) is 30.2 Å². The van der Waals surface area contributed by atoms with Gasteiger partial charge in [-0.25, -0.2) is 14.4 Å². The minimum atomic E-state index is -3.55. The number of rotatable bonds is 9. The molecule has 206 valence electrons. The zero-order valence-corrected chi connectivity index (χ0v) is 22.2. The molecule has 2 aromatic carbocycles. The van der Waals surface area contributed by atoms with E-state index in [1.165, 1.54) is 26.4 Å². The van der Waals surface area contributed by atoms with Crippen molar-refractivity contribution >= 4 is 16.7 Å². The van der Waals surface area contributed by atoms with Crippen LogP contribution in [-0.2, 0) is 15.4 Å². The van der Waals surface area contributed by atoms with Crippen LogP contribution in [0.1, 0.15) is 35.4 Å². The fraction of sp³-hybridized carbons (Fsp3) is 0.481. The first-order chi connectivity index (χ1) is 18.1. The summed E-state index contributed by atoms with van der Waals surface area (Å²) in [7, 11) is 4.74. The van der Waals surface area contributed by atoms with Crippen LogP contribution in [0.2, 0.25) is 0 Å². The van der Waals surface area contributed by atoms with Gasteiger partial charge in [-0.15, -0.1) is 0 Å². The number of anilines is 1. The lowest BCUT2D eigenvalue weighted by Gasteiger charge is -2.35. The van der Waals surface area contributed by atoms with Crippen LogP contribution in [-0.4, -0.2) is 75.1 Å². The van der Waals surface area contributed by atoms with Crippen molar-refractivity contribution < 1.29 is 32.1 Å². The van der Waals surface area contributed by atoms with Crippen molar-refractivity contribution in [1.29, 1.82) is 0 Å². The third-order valence-corrected chi connectivity index (χ3v) is 6.80. The Kier molecular flexibility index (Phi) is 8.29. The minimum Gasteiger partial charge on any atom is -0.493 e. The highest BCUT2D eigenvalue weighted by molar-refractivity contribution is 5.95. The normalized spacial score (nSPS) is 17.5. The summed E-state index contributed by atoms with van der Waals surface area (Å²) in [6.45, 7) is 4.50. The van der Waals surface area contributed by atoms with Crippen LogP contribution in [0.5, 0.6) is 11.5 Å². The van der Waals surface area contributed by atoms with E-state index in [0.29, 0.717) is 34.6 Å². The Morgan fingerprint density at radius 3 is 2.68 bits per heavy atom. The van der Waals surface area contributed by atoms with Gasteiger partial charge in [0.15, 0.2) is 11.5 Å². The summed E-state index contributed by atoms with van der Waals surface area (Å²) in [5.74, 6) is -4.13. The minimum absolute atomic E-state index is 0.0164. The number of morpholine rings is 1. The number of hydrogen-bond acceptors (Lipinski definition) is 8. The number of benzene rings is 2. The van der Waals surface area contributed by atoms with Gasteiger partial charge in [0, 0.05) is 37.7 Å². The van der Waals surface area contributed by atoms with E-state index in [4.69, 9.17) is 24.7 Å². The number of methoxy groups -OCH3 is 2. The molecule has 38 heavy (non-hydrogen) atoms. The molecule has 0 aliphatic carbocycles. The number of nitrogens with zero attached hydrogens (tertiary/aromatic N) is 3. The zero-order chi connectivity index (χ0) is 27.6. The highest BCUT2D eigenvalue weighted by Crippen LogP contribution is 2.46. The Balaban J connectivity index is 1.89. The van der Waals surface area contributed by atoms with Crippen molar-refractivity contribution in [3.05, 3.63) is 52.6 Å². The molecule has 2 N–H and O–H groups in total. The molecule has 0 radical (unpaired) electrons. The SMILES string of the molecule is COCCOc1c(OC)cc2nc(C)nc(N)c2c1[C@@H](C)c1cccc(C(F)(F)C2CN(C)CCO2)c1F. The summed E-state index contributed by atoms with van der Waals surface area (Å²) in [6, 6.07) is 5.66. The van der Waals surface area contributed by atoms with Gasteiger partial charge in [0.25, 0.3) is 0 Å². The smallest absolute Gasteiger partial charge is 0.302 e. The number of aryl methyl sites for hydroxylation is 1. The molecule has 1 aromatic heterocycles. The van der Waals surface area contributed by atoms with E-state index in [1.54, 1.807) is 31.9 Å². The van der Waals surface area contributed by atoms with Gasteiger partial charge in [-0.2, -0.15) is 8.78 Å². The first-order valence-electron chi connectivity index (χ1n) is 12.3. The van der Waals surface area contributed by atoms with Crippen molar-refractivity contribution in [3.8, 4) is 11.5 Å². The number of hydrogen-bond donors (Lipinski definition) is 1. The average Bonchev–Trinajstić information content (AvgIpc) is 2.88. The molecule has 0 saturated carbocycles. The van der Waals surface area contributed by atoms with E-state index in [0.717, 1.165) is 6.07 Å². The number of alkyl halides is 2. The predicted octanol–water partition coefficient (Wildman–Crippen LogP) is 4.27. The molecule has 1 saturated heterocycles. The van der Waals surface area contributed by atoms with Crippen LogP contribution in [0.3, 0.4) is 0 Å². The second-order valence-corrected chi connectivity index (χ2v) is 9.39. The standard InChI is InChI=1S/C27H33F3N4O4/c1-15(17-7-6-8-18(24(17)28)27(29,30)21-14-34(3)9-10-37-21)22-23-19(32-16(2)33-26(23)31)13-20(36-5)25(22)38-12-11-35-4/h6-8,13,15,21H,9-12,14H2,1-5H3,(H2,31,32,33)/t15-,21?/m0/s1. The van der Waals surface area contributed by atoms with Crippen molar-refractivity contribution in [2.24, 2.45) is 0 Å². The van der Waals surface area contributed by atoms with Crippen LogP contribution >= 0.6 is 0 Å². The van der Waals surface area contributed by atoms with Crippen LogP contribution in [0.4, 0.5) is 19.0 Å². The Bertz CT molecular complexity index is 1310. The van der Waals surface area contributed by atoms with E-state index < -0.39 is 29.3 Å². The summed E-state index contributed by atoms with van der Waals surface area (Å²) in [6.07, 6.45) is -1.47. The Morgan fingerprint density at radius 2 is 2.00 bits per heavy atom. The van der Waals surface area contributed by atoms with Gasteiger partial charge >= 0.3 is 5.92 Å². The van der Waals surface area contributed by atoms with E-state index in [2.05, 4.69) is 9.97 Å². The molecule has 4 rings (SSSR count). The van der Waals surface area contributed by atoms with E-state index >= 15 is 13.2 Å². The maximum Gasteiger partial charge on any atom is 0.302 e. The molecule has 8 nitrogen and oxygen atoms in total. The van der Waals surface area contributed by atoms with E-state index in [1.807, 2.05) is 0 Å². The molecule has 0 bridgehead atoms. The molecule has 0 amide bonds. The summed E-state index contributed by atoms with van der Waals surface area (Å²) < 4.78 is 69.3. The lowest BCUT2D eigenvalue weighted by molar-refractivity contribution is -0.171. The first-order valence-corrected chi connectivity index (χ1v) is 12.3. The Hall–Kier alpha value is -3.15. The lowest BCUT2D eigenvalue weighted by Crippen LogP contribution is -2.48. The van der Waals surface area contributed by atoms with Gasteiger partial charge in [0.2, 0.25) is 0 Å². The lowest BCUT2D eigenvalue weighted by atomic mass is 9.86. The van der Waals surface area contributed by atoms with Gasteiger partial charge in [-0.3, -0.25) is 0 Å². The first kappa shape index (κ1) is 27.9. The van der Waals surface area contributed by atoms with Crippen molar-refractivity contribution in [1.82, 2.24) is 14.9 Å². The molecule has 2 atom stereocenters. The number of nitrogens with two attached hydrogens (primary N) is 1. The summed E-state index contributed by atoms with van der Waals surface area (Å²) in [5.41, 5.74) is 6.54. The van der Waals surface area contributed by atoms with Crippen molar-refractivity contribution in [3.63, 3.8) is 0 Å². The third-order valence-electron chi connectivity index (χ3n) is 6.80. The van der Waals surface area contributed by atoms with Crippen LogP contribution < -0.4 is 15.2 Å². The average molecular weight is 535 g/mol. The number of fused-ring (bicyclic) bond motifs is 1.